The van der Waals surface area contributed by atoms with Gasteiger partial charge in [0.2, 0.25) is 0 Å². The number of furan rings is 1. The van der Waals surface area contributed by atoms with Gasteiger partial charge in [-0.1, -0.05) is 24.3 Å². The van der Waals surface area contributed by atoms with Crippen LogP contribution in [0.4, 0.5) is 11.4 Å². The fourth-order valence-corrected chi connectivity index (χ4v) is 3.58. The van der Waals surface area contributed by atoms with Gasteiger partial charge in [0.15, 0.2) is 11.5 Å². The van der Waals surface area contributed by atoms with Crippen LogP contribution in [0.25, 0.3) is 11.3 Å². The highest BCUT2D eigenvalue weighted by Crippen LogP contribution is 2.25. The number of hydrogen-bond acceptors (Lipinski definition) is 4. The monoisotopic (exact) mass is 388 g/mol. The minimum atomic E-state index is -0.290. The minimum Gasteiger partial charge on any atom is -0.451 e. The van der Waals surface area contributed by atoms with E-state index < -0.39 is 0 Å². The number of nitrogens with one attached hydrogen (secondary N) is 1. The van der Waals surface area contributed by atoms with Gasteiger partial charge in [0.25, 0.3) is 5.91 Å². The molecule has 4 rings (SSSR count). The van der Waals surface area contributed by atoms with Crippen LogP contribution in [0.5, 0.6) is 0 Å². The fraction of sp³-hybridized carbons (Fsp3) is 0.250. The molecule has 1 aliphatic rings. The van der Waals surface area contributed by atoms with E-state index in [-0.39, 0.29) is 17.5 Å². The Morgan fingerprint density at radius 2 is 1.55 bits per heavy atom. The highest BCUT2D eigenvalue weighted by Gasteiger charge is 2.14. The van der Waals surface area contributed by atoms with Crippen molar-refractivity contribution in [1.29, 1.82) is 0 Å². The van der Waals surface area contributed by atoms with Crippen LogP contribution in [0.2, 0.25) is 0 Å². The summed E-state index contributed by atoms with van der Waals surface area (Å²) in [4.78, 5) is 26.3. The second kappa shape index (κ2) is 8.35. The fourth-order valence-electron chi connectivity index (χ4n) is 3.58. The van der Waals surface area contributed by atoms with Crippen molar-refractivity contribution in [1.82, 2.24) is 0 Å². The molecule has 0 spiro atoms. The van der Waals surface area contributed by atoms with Crippen molar-refractivity contribution in [2.24, 2.45) is 0 Å². The van der Waals surface area contributed by atoms with E-state index in [0.717, 1.165) is 24.3 Å². The van der Waals surface area contributed by atoms with Crippen molar-refractivity contribution in [3.05, 3.63) is 72.0 Å². The Balaban J connectivity index is 1.42. The van der Waals surface area contributed by atoms with Gasteiger partial charge in [-0.2, -0.15) is 0 Å². The molecule has 1 aliphatic heterocycles. The third-order valence-corrected chi connectivity index (χ3v) is 5.25. The first-order valence-corrected chi connectivity index (χ1v) is 9.98. The van der Waals surface area contributed by atoms with Gasteiger partial charge in [-0.25, -0.2) is 0 Å². The Labute approximate surface area is 170 Å². The third-order valence-electron chi connectivity index (χ3n) is 5.25. The number of anilines is 2. The Kier molecular flexibility index (Phi) is 5.47. The lowest BCUT2D eigenvalue weighted by Gasteiger charge is -2.28. The van der Waals surface area contributed by atoms with Crippen LogP contribution in [-0.4, -0.2) is 24.8 Å². The van der Waals surface area contributed by atoms with E-state index in [1.165, 1.54) is 31.9 Å². The Hall–Kier alpha value is -3.34. The predicted molar refractivity (Wildman–Crippen MR) is 115 cm³/mol. The predicted octanol–water partition coefficient (Wildman–Crippen LogP) is 5.39. The second-order valence-corrected chi connectivity index (χ2v) is 7.35. The molecule has 3 aromatic rings. The molecular weight excluding hydrogens is 364 g/mol. The topological polar surface area (TPSA) is 62.6 Å². The summed E-state index contributed by atoms with van der Waals surface area (Å²) in [6.07, 6.45) is 3.77. The van der Waals surface area contributed by atoms with Gasteiger partial charge in [-0.3, -0.25) is 9.59 Å². The molecule has 1 N–H and O–H groups in total. The number of Topliss-reactive ketones (excluding diaryl/α,β-unsaturated/α-hetero) is 1. The van der Waals surface area contributed by atoms with Crippen LogP contribution >= 0.6 is 0 Å². The maximum absolute atomic E-state index is 12.5. The maximum atomic E-state index is 12.5. The van der Waals surface area contributed by atoms with E-state index in [2.05, 4.69) is 10.2 Å². The average Bonchev–Trinajstić information content (AvgIpc) is 3.25. The summed E-state index contributed by atoms with van der Waals surface area (Å²) in [6.45, 7) is 3.71. The smallest absolute Gasteiger partial charge is 0.291 e. The number of amides is 1. The molecular formula is C24H24N2O3. The number of benzene rings is 2. The molecule has 1 amide bonds. The first kappa shape index (κ1) is 19.0. The lowest BCUT2D eigenvalue weighted by molar-refractivity contribution is 0.0994. The molecule has 1 saturated heterocycles. The molecule has 5 heteroatoms. The molecule has 148 valence electrons. The van der Waals surface area contributed by atoms with Crippen molar-refractivity contribution >= 4 is 23.1 Å². The number of carbonyl (C=O) groups is 2. The normalized spacial score (nSPS) is 13.9. The number of piperidine rings is 1. The lowest BCUT2D eigenvalue weighted by Crippen LogP contribution is -2.29. The number of nitrogens with zero attached hydrogens (tertiary/aromatic N) is 1. The molecule has 2 heterocycles. The molecule has 2 aromatic carbocycles. The summed E-state index contributed by atoms with van der Waals surface area (Å²) in [5, 5.41) is 2.88. The molecule has 0 unspecified atom stereocenters. The number of ketones is 1. The van der Waals surface area contributed by atoms with Gasteiger partial charge in [-0.05, 0) is 62.6 Å². The van der Waals surface area contributed by atoms with Gasteiger partial charge in [-0.15, -0.1) is 0 Å². The summed E-state index contributed by atoms with van der Waals surface area (Å²) in [7, 11) is 0. The van der Waals surface area contributed by atoms with Gasteiger partial charge in [0.05, 0.1) is 0 Å². The van der Waals surface area contributed by atoms with Crippen molar-refractivity contribution < 1.29 is 14.0 Å². The SMILES string of the molecule is CC(=O)c1ccc(-c2ccc(C(=O)Nc3ccc(N4CCCCC4)cc3)o2)cc1. The molecule has 0 aliphatic carbocycles. The second-order valence-electron chi connectivity index (χ2n) is 7.35. The Bertz CT molecular complexity index is 997. The van der Waals surface area contributed by atoms with E-state index >= 15 is 0 Å². The minimum absolute atomic E-state index is 0.0161. The van der Waals surface area contributed by atoms with Gasteiger partial charge >= 0.3 is 0 Å². The highest BCUT2D eigenvalue weighted by atomic mass is 16.3. The van der Waals surface area contributed by atoms with Crippen LogP contribution in [0.3, 0.4) is 0 Å². The van der Waals surface area contributed by atoms with E-state index in [9.17, 15) is 9.59 Å². The summed E-state index contributed by atoms with van der Waals surface area (Å²) >= 11 is 0. The average molecular weight is 388 g/mol. The molecule has 0 bridgehead atoms. The number of carbonyl (C=O) groups excluding carboxylic acids is 2. The van der Waals surface area contributed by atoms with Gasteiger partial charge < -0.3 is 14.6 Å². The standard InChI is InChI=1S/C24H24N2O3/c1-17(27)18-5-7-19(8-6-18)22-13-14-23(29-22)24(28)25-20-9-11-21(12-10-20)26-15-3-2-4-16-26/h5-14H,2-4,15-16H2,1H3,(H,25,28). The van der Waals surface area contributed by atoms with Crippen molar-refractivity contribution in [3.8, 4) is 11.3 Å². The zero-order valence-corrected chi connectivity index (χ0v) is 16.5. The van der Waals surface area contributed by atoms with E-state index in [1.807, 2.05) is 36.4 Å². The molecule has 5 nitrogen and oxygen atoms in total. The van der Waals surface area contributed by atoms with Gasteiger partial charge in [0.1, 0.15) is 5.76 Å². The van der Waals surface area contributed by atoms with Crippen LogP contribution in [0, 0.1) is 0 Å². The zero-order chi connectivity index (χ0) is 20.2. The first-order chi connectivity index (χ1) is 14.1. The van der Waals surface area contributed by atoms with E-state index in [4.69, 9.17) is 4.42 Å². The number of rotatable bonds is 5. The Morgan fingerprint density at radius 1 is 0.862 bits per heavy atom. The van der Waals surface area contributed by atoms with Crippen LogP contribution in [0.1, 0.15) is 47.1 Å². The van der Waals surface area contributed by atoms with Crippen LogP contribution in [0.15, 0.2) is 65.1 Å². The molecule has 1 fully saturated rings. The van der Waals surface area contributed by atoms with Crippen LogP contribution < -0.4 is 10.2 Å². The van der Waals surface area contributed by atoms with E-state index in [0.29, 0.717) is 11.3 Å². The molecule has 0 saturated carbocycles. The van der Waals surface area contributed by atoms with Gasteiger partial charge in [0, 0.05) is 35.6 Å². The molecule has 0 atom stereocenters. The zero-order valence-electron chi connectivity index (χ0n) is 16.5. The van der Waals surface area contributed by atoms with Crippen LogP contribution in [-0.2, 0) is 0 Å². The van der Waals surface area contributed by atoms with E-state index in [1.54, 1.807) is 24.3 Å². The Morgan fingerprint density at radius 3 is 2.21 bits per heavy atom. The van der Waals surface area contributed by atoms with Crippen molar-refractivity contribution in [3.63, 3.8) is 0 Å². The molecule has 0 radical (unpaired) electrons. The molecule has 1 aromatic heterocycles. The summed E-state index contributed by atoms with van der Waals surface area (Å²) in [5.41, 5.74) is 3.39. The summed E-state index contributed by atoms with van der Waals surface area (Å²) in [5.74, 6) is 0.561. The third kappa shape index (κ3) is 4.40. The van der Waals surface area contributed by atoms with Crippen molar-refractivity contribution in [2.45, 2.75) is 26.2 Å². The number of hydrogen-bond donors (Lipinski definition) is 1. The summed E-state index contributed by atoms with van der Waals surface area (Å²) < 4.78 is 5.72. The molecule has 29 heavy (non-hydrogen) atoms. The largest absolute Gasteiger partial charge is 0.451 e. The maximum Gasteiger partial charge on any atom is 0.291 e. The summed E-state index contributed by atoms with van der Waals surface area (Å²) in [6, 6.07) is 18.5. The first-order valence-electron chi connectivity index (χ1n) is 9.98. The van der Waals surface area contributed by atoms with Crippen molar-refractivity contribution in [2.75, 3.05) is 23.3 Å². The highest BCUT2D eigenvalue weighted by molar-refractivity contribution is 6.02. The quantitative estimate of drug-likeness (QED) is 0.595. The lowest BCUT2D eigenvalue weighted by atomic mass is 10.1.